The Kier molecular flexibility index (Phi) is 1.69. The van der Waals surface area contributed by atoms with E-state index < -0.39 is 0 Å². The lowest BCUT2D eigenvalue weighted by molar-refractivity contribution is 0.0999. The first-order chi connectivity index (χ1) is 6.20. The van der Waals surface area contributed by atoms with Crippen LogP contribution in [0, 0.1) is 0 Å². The summed E-state index contributed by atoms with van der Waals surface area (Å²) in [5, 5.41) is 0. The molecule has 0 fully saturated rings. The lowest BCUT2D eigenvalue weighted by atomic mass is 10.0. The largest absolute Gasteiger partial charge is 0.366 e. The third-order valence-electron chi connectivity index (χ3n) is 2.48. The van der Waals surface area contributed by atoms with Gasteiger partial charge in [0.1, 0.15) is 0 Å². The number of rotatable bonds is 1. The highest BCUT2D eigenvalue weighted by Crippen LogP contribution is 2.28. The fourth-order valence-corrected chi connectivity index (χ4v) is 1.77. The van der Waals surface area contributed by atoms with Gasteiger partial charge in [-0.25, -0.2) is 0 Å². The van der Waals surface area contributed by atoms with Crippen molar-refractivity contribution in [1.82, 2.24) is 0 Å². The van der Waals surface area contributed by atoms with Gasteiger partial charge < -0.3 is 5.73 Å². The number of hydrogen-bond donors (Lipinski definition) is 1. The maximum absolute atomic E-state index is 11.1. The summed E-state index contributed by atoms with van der Waals surface area (Å²) in [4.78, 5) is 11.1. The van der Waals surface area contributed by atoms with Crippen molar-refractivity contribution in [2.24, 2.45) is 5.73 Å². The van der Waals surface area contributed by atoms with Gasteiger partial charge in [0, 0.05) is 5.56 Å². The lowest BCUT2D eigenvalue weighted by Crippen LogP contribution is -2.13. The van der Waals surface area contributed by atoms with Crippen LogP contribution in [0.1, 0.15) is 28.4 Å². The number of benzene rings is 1. The summed E-state index contributed by atoms with van der Waals surface area (Å²) in [5.41, 5.74) is 9.40. The number of allylic oxidation sites excluding steroid dienone is 2. The van der Waals surface area contributed by atoms with Gasteiger partial charge in [0.2, 0.25) is 5.91 Å². The van der Waals surface area contributed by atoms with Gasteiger partial charge in [0.05, 0.1) is 0 Å². The quantitative estimate of drug-likeness (QED) is 0.690. The number of carbonyl (C=O) groups excluding carboxylic acids is 1. The molecule has 0 saturated carbocycles. The van der Waals surface area contributed by atoms with E-state index in [4.69, 9.17) is 5.73 Å². The minimum atomic E-state index is -0.333. The molecule has 1 amide bonds. The van der Waals surface area contributed by atoms with Gasteiger partial charge in [0.25, 0.3) is 0 Å². The molecule has 0 aromatic heterocycles. The van der Waals surface area contributed by atoms with Crippen LogP contribution in [0.3, 0.4) is 0 Å². The highest BCUT2D eigenvalue weighted by atomic mass is 16.1. The van der Waals surface area contributed by atoms with Crippen molar-refractivity contribution < 1.29 is 4.79 Å². The fraction of sp³-hybridized carbons (Fsp3) is 0.182. The molecule has 2 N–H and O–H groups in total. The van der Waals surface area contributed by atoms with Gasteiger partial charge in [-0.1, -0.05) is 18.2 Å². The molecule has 0 bridgehead atoms. The Labute approximate surface area is 77.1 Å². The van der Waals surface area contributed by atoms with Crippen molar-refractivity contribution in [2.45, 2.75) is 13.3 Å². The topological polar surface area (TPSA) is 43.1 Å². The summed E-state index contributed by atoms with van der Waals surface area (Å²) in [5.74, 6) is -0.333. The Morgan fingerprint density at radius 3 is 2.92 bits per heavy atom. The zero-order chi connectivity index (χ0) is 9.42. The first-order valence-corrected chi connectivity index (χ1v) is 4.29. The molecular weight excluding hydrogens is 162 g/mol. The molecule has 0 radical (unpaired) electrons. The van der Waals surface area contributed by atoms with E-state index in [1.165, 1.54) is 5.57 Å². The third kappa shape index (κ3) is 1.15. The molecular formula is C11H11NO. The molecule has 0 unspecified atom stereocenters. The monoisotopic (exact) mass is 173 g/mol. The van der Waals surface area contributed by atoms with Crippen LogP contribution in [-0.2, 0) is 6.42 Å². The first kappa shape index (κ1) is 8.05. The Bertz CT molecular complexity index is 405. The number of fused-ring (bicyclic) bond motifs is 1. The van der Waals surface area contributed by atoms with E-state index in [-0.39, 0.29) is 5.91 Å². The second-order valence-corrected chi connectivity index (χ2v) is 3.29. The maximum atomic E-state index is 11.1. The van der Waals surface area contributed by atoms with Crippen LogP contribution in [0.15, 0.2) is 24.3 Å². The van der Waals surface area contributed by atoms with Crippen molar-refractivity contribution in [3.8, 4) is 0 Å². The van der Waals surface area contributed by atoms with Crippen LogP contribution in [0.4, 0.5) is 0 Å². The second kappa shape index (κ2) is 2.73. The number of hydrogen-bond acceptors (Lipinski definition) is 1. The van der Waals surface area contributed by atoms with Crippen molar-refractivity contribution in [2.75, 3.05) is 0 Å². The molecule has 0 saturated heterocycles. The third-order valence-corrected chi connectivity index (χ3v) is 2.48. The van der Waals surface area contributed by atoms with E-state index in [2.05, 4.69) is 13.0 Å². The number of carbonyl (C=O) groups is 1. The fourth-order valence-electron chi connectivity index (χ4n) is 1.77. The van der Waals surface area contributed by atoms with Crippen molar-refractivity contribution in [3.63, 3.8) is 0 Å². The Morgan fingerprint density at radius 1 is 1.46 bits per heavy atom. The predicted octanol–water partition coefficient (Wildman–Crippen LogP) is 1.74. The average molecular weight is 173 g/mol. The Morgan fingerprint density at radius 2 is 2.23 bits per heavy atom. The van der Waals surface area contributed by atoms with Gasteiger partial charge in [-0.2, -0.15) is 0 Å². The van der Waals surface area contributed by atoms with Crippen LogP contribution in [0.25, 0.3) is 5.57 Å². The highest BCUT2D eigenvalue weighted by molar-refractivity contribution is 5.96. The standard InChI is InChI=1S/C11H11NO/c1-7-5-6-9-8(7)3-2-4-10(9)11(12)13/h2-5H,6H2,1H3,(H2,12,13). The summed E-state index contributed by atoms with van der Waals surface area (Å²) in [7, 11) is 0. The zero-order valence-electron chi connectivity index (χ0n) is 7.50. The average Bonchev–Trinajstić information content (AvgIpc) is 2.48. The molecule has 1 aliphatic carbocycles. The molecule has 1 aromatic rings. The lowest BCUT2D eigenvalue weighted by Gasteiger charge is -2.05. The van der Waals surface area contributed by atoms with Crippen LogP contribution in [-0.4, -0.2) is 5.91 Å². The molecule has 1 aromatic carbocycles. The number of primary amides is 1. The highest BCUT2D eigenvalue weighted by Gasteiger charge is 2.16. The van der Waals surface area contributed by atoms with Gasteiger partial charge in [-0.3, -0.25) is 4.79 Å². The maximum Gasteiger partial charge on any atom is 0.249 e. The molecule has 1 aliphatic rings. The minimum absolute atomic E-state index is 0.333. The van der Waals surface area contributed by atoms with Crippen LogP contribution in [0.5, 0.6) is 0 Å². The number of nitrogens with two attached hydrogens (primary N) is 1. The Hall–Kier alpha value is -1.57. The molecule has 0 atom stereocenters. The SMILES string of the molecule is CC1=CCc2c(C(N)=O)cccc21. The van der Waals surface area contributed by atoms with Crippen LogP contribution in [0.2, 0.25) is 0 Å². The van der Waals surface area contributed by atoms with Gasteiger partial charge in [-0.05, 0) is 36.1 Å². The van der Waals surface area contributed by atoms with E-state index in [1.54, 1.807) is 6.07 Å². The van der Waals surface area contributed by atoms with Crippen molar-refractivity contribution in [1.29, 1.82) is 0 Å². The molecule has 0 heterocycles. The van der Waals surface area contributed by atoms with Crippen LogP contribution >= 0.6 is 0 Å². The molecule has 2 heteroatoms. The smallest absolute Gasteiger partial charge is 0.249 e. The minimum Gasteiger partial charge on any atom is -0.366 e. The molecule has 0 spiro atoms. The first-order valence-electron chi connectivity index (χ1n) is 4.29. The van der Waals surface area contributed by atoms with Crippen LogP contribution < -0.4 is 5.73 Å². The summed E-state index contributed by atoms with van der Waals surface area (Å²) in [6.07, 6.45) is 2.96. The van der Waals surface area contributed by atoms with E-state index >= 15 is 0 Å². The van der Waals surface area contributed by atoms with Gasteiger partial charge in [0.15, 0.2) is 0 Å². The van der Waals surface area contributed by atoms with Gasteiger partial charge in [-0.15, -0.1) is 0 Å². The summed E-state index contributed by atoms with van der Waals surface area (Å²) in [6.45, 7) is 2.05. The normalized spacial score (nSPS) is 13.8. The predicted molar refractivity (Wildman–Crippen MR) is 52.3 cm³/mol. The molecule has 0 aliphatic heterocycles. The van der Waals surface area contributed by atoms with Gasteiger partial charge >= 0.3 is 0 Å². The van der Waals surface area contributed by atoms with E-state index in [0.29, 0.717) is 5.56 Å². The molecule has 66 valence electrons. The molecule has 2 nitrogen and oxygen atoms in total. The van der Waals surface area contributed by atoms with Crippen molar-refractivity contribution in [3.05, 3.63) is 41.0 Å². The number of amides is 1. The zero-order valence-corrected chi connectivity index (χ0v) is 7.50. The Balaban J connectivity index is 2.61. The van der Waals surface area contributed by atoms with E-state index in [1.807, 2.05) is 12.1 Å². The summed E-state index contributed by atoms with van der Waals surface area (Å²) in [6, 6.07) is 5.69. The summed E-state index contributed by atoms with van der Waals surface area (Å²) >= 11 is 0. The molecule has 13 heavy (non-hydrogen) atoms. The second-order valence-electron chi connectivity index (χ2n) is 3.29. The molecule has 2 rings (SSSR count). The van der Waals surface area contributed by atoms with E-state index in [9.17, 15) is 4.79 Å². The summed E-state index contributed by atoms with van der Waals surface area (Å²) < 4.78 is 0. The van der Waals surface area contributed by atoms with Crippen molar-refractivity contribution >= 4 is 11.5 Å². The van der Waals surface area contributed by atoms with E-state index in [0.717, 1.165) is 17.5 Å².